The molecule has 0 heterocycles. The van der Waals surface area contributed by atoms with Crippen molar-refractivity contribution in [3.05, 3.63) is 77.5 Å². The molecule has 26 heavy (non-hydrogen) atoms. The van der Waals surface area contributed by atoms with Crippen molar-refractivity contribution in [2.45, 2.75) is 18.2 Å². The molecule has 2 aromatic carbocycles. The van der Waals surface area contributed by atoms with E-state index in [4.69, 9.17) is 0 Å². The summed E-state index contributed by atoms with van der Waals surface area (Å²) < 4.78 is 27.2. The lowest BCUT2D eigenvalue weighted by atomic mass is 10.1. The average molecular weight is 372 g/mol. The van der Waals surface area contributed by atoms with Crippen molar-refractivity contribution < 1.29 is 13.2 Å². The Labute approximate surface area is 155 Å². The molecule has 0 bridgehead atoms. The minimum Gasteiger partial charge on any atom is -0.383 e. The van der Waals surface area contributed by atoms with Crippen LogP contribution in [0.3, 0.4) is 0 Å². The predicted octanol–water partition coefficient (Wildman–Crippen LogP) is 2.77. The molecular formula is C20H24N2O3S. The van der Waals surface area contributed by atoms with Crippen LogP contribution in [0.2, 0.25) is 0 Å². The Morgan fingerprint density at radius 2 is 1.81 bits per heavy atom. The second kappa shape index (κ2) is 8.78. The van der Waals surface area contributed by atoms with Gasteiger partial charge in [-0.15, -0.1) is 0 Å². The van der Waals surface area contributed by atoms with Gasteiger partial charge in [-0.3, -0.25) is 4.79 Å². The first-order valence-corrected chi connectivity index (χ1v) is 9.80. The number of hydrogen-bond acceptors (Lipinski definition) is 4. The maximum absolute atomic E-state index is 12.3. The number of allylic oxidation sites excluding steroid dienone is 1. The van der Waals surface area contributed by atoms with Crippen LogP contribution >= 0.6 is 0 Å². The monoisotopic (exact) mass is 372 g/mol. The van der Waals surface area contributed by atoms with Gasteiger partial charge in [-0.25, -0.2) is 13.1 Å². The molecule has 5 nitrogen and oxygen atoms in total. The summed E-state index contributed by atoms with van der Waals surface area (Å²) in [5.74, 6) is -0.0826. The molecule has 2 rings (SSSR count). The smallest absolute Gasteiger partial charge is 0.240 e. The van der Waals surface area contributed by atoms with Gasteiger partial charge in [0.15, 0.2) is 5.78 Å². The highest BCUT2D eigenvalue weighted by molar-refractivity contribution is 7.89. The van der Waals surface area contributed by atoms with Gasteiger partial charge >= 0.3 is 0 Å². The topological polar surface area (TPSA) is 66.5 Å². The number of benzene rings is 2. The van der Waals surface area contributed by atoms with Crippen LogP contribution in [-0.4, -0.2) is 39.7 Å². The van der Waals surface area contributed by atoms with Crippen molar-refractivity contribution >= 4 is 15.8 Å². The number of nitrogens with one attached hydrogen (secondary N) is 1. The lowest BCUT2D eigenvalue weighted by molar-refractivity contribution is 0.104. The van der Waals surface area contributed by atoms with Crippen LogP contribution in [0.4, 0.5) is 0 Å². The SMILES string of the molecule is Cc1ccc(S(=O)(=O)NCCc2cccc(C(=O)C=CN(C)C)c2)cc1. The summed E-state index contributed by atoms with van der Waals surface area (Å²) in [6, 6.07) is 14.0. The van der Waals surface area contributed by atoms with E-state index in [0.29, 0.717) is 12.0 Å². The first-order valence-electron chi connectivity index (χ1n) is 8.32. The standard InChI is InChI=1S/C20H24N2O3S/c1-16-7-9-19(10-8-16)26(24,25)21-13-11-17-5-4-6-18(15-17)20(23)12-14-22(2)3/h4-10,12,14-15,21H,11,13H2,1-3H3. The van der Waals surface area contributed by atoms with E-state index in [2.05, 4.69) is 4.72 Å². The highest BCUT2D eigenvalue weighted by Gasteiger charge is 2.13. The maximum atomic E-state index is 12.3. The van der Waals surface area contributed by atoms with Gasteiger partial charge in [-0.2, -0.15) is 0 Å². The van der Waals surface area contributed by atoms with Crippen LogP contribution < -0.4 is 4.72 Å². The highest BCUT2D eigenvalue weighted by atomic mass is 32.2. The van der Waals surface area contributed by atoms with E-state index < -0.39 is 10.0 Å². The van der Waals surface area contributed by atoms with E-state index >= 15 is 0 Å². The van der Waals surface area contributed by atoms with Crippen molar-refractivity contribution in [2.24, 2.45) is 0 Å². The zero-order valence-electron chi connectivity index (χ0n) is 15.3. The highest BCUT2D eigenvalue weighted by Crippen LogP contribution is 2.11. The Balaban J connectivity index is 1.98. The van der Waals surface area contributed by atoms with Gasteiger partial charge < -0.3 is 4.90 Å². The second-order valence-electron chi connectivity index (χ2n) is 6.30. The Hall–Kier alpha value is -2.44. The Kier molecular flexibility index (Phi) is 6.71. The van der Waals surface area contributed by atoms with Gasteiger partial charge in [0.25, 0.3) is 0 Å². The third kappa shape index (κ3) is 5.82. The first kappa shape index (κ1) is 19.9. The van der Waals surface area contributed by atoms with Crippen LogP contribution in [0.25, 0.3) is 0 Å². The van der Waals surface area contributed by atoms with E-state index in [-0.39, 0.29) is 17.2 Å². The normalized spacial score (nSPS) is 11.7. The molecule has 0 atom stereocenters. The Bertz CT molecular complexity index is 886. The molecule has 2 aromatic rings. The number of ketones is 1. The molecule has 0 unspecified atom stereocenters. The van der Waals surface area contributed by atoms with E-state index in [1.165, 1.54) is 6.08 Å². The van der Waals surface area contributed by atoms with Crippen molar-refractivity contribution in [1.82, 2.24) is 9.62 Å². The molecule has 0 amide bonds. The number of carbonyl (C=O) groups is 1. The molecule has 6 heteroatoms. The van der Waals surface area contributed by atoms with E-state index in [0.717, 1.165) is 11.1 Å². The summed E-state index contributed by atoms with van der Waals surface area (Å²) in [6.45, 7) is 2.17. The van der Waals surface area contributed by atoms with Gasteiger partial charge in [0, 0.05) is 38.5 Å². The molecule has 138 valence electrons. The van der Waals surface area contributed by atoms with Crippen molar-refractivity contribution in [2.75, 3.05) is 20.6 Å². The maximum Gasteiger partial charge on any atom is 0.240 e. The summed E-state index contributed by atoms with van der Waals surface area (Å²) in [7, 11) is 0.170. The first-order chi connectivity index (χ1) is 12.3. The molecule has 0 fully saturated rings. The number of sulfonamides is 1. The molecule has 0 aliphatic heterocycles. The van der Waals surface area contributed by atoms with E-state index in [9.17, 15) is 13.2 Å². The third-order valence-electron chi connectivity index (χ3n) is 3.77. The summed E-state index contributed by atoms with van der Waals surface area (Å²) in [5.41, 5.74) is 2.50. The van der Waals surface area contributed by atoms with Gasteiger partial charge in [0.1, 0.15) is 0 Å². The van der Waals surface area contributed by atoms with E-state index in [1.807, 2.05) is 27.1 Å². The summed E-state index contributed by atoms with van der Waals surface area (Å²) in [4.78, 5) is 14.2. The molecule has 0 spiro atoms. The quantitative estimate of drug-likeness (QED) is 0.572. The van der Waals surface area contributed by atoms with Crippen LogP contribution in [-0.2, 0) is 16.4 Å². The third-order valence-corrected chi connectivity index (χ3v) is 5.25. The predicted molar refractivity (Wildman–Crippen MR) is 104 cm³/mol. The van der Waals surface area contributed by atoms with Crippen molar-refractivity contribution in [3.63, 3.8) is 0 Å². The fourth-order valence-corrected chi connectivity index (χ4v) is 3.36. The number of carbonyl (C=O) groups excluding carboxylic acids is 1. The average Bonchev–Trinajstić information content (AvgIpc) is 2.60. The van der Waals surface area contributed by atoms with Crippen molar-refractivity contribution in [1.29, 1.82) is 0 Å². The second-order valence-corrected chi connectivity index (χ2v) is 8.07. The van der Waals surface area contributed by atoms with Gasteiger partial charge in [0.05, 0.1) is 4.90 Å². The number of aryl methyl sites for hydroxylation is 1. The fourth-order valence-electron chi connectivity index (χ4n) is 2.32. The largest absolute Gasteiger partial charge is 0.383 e. The molecule has 0 saturated carbocycles. The number of rotatable bonds is 8. The van der Waals surface area contributed by atoms with Gasteiger partial charge in [0.2, 0.25) is 10.0 Å². The fraction of sp³-hybridized carbons (Fsp3) is 0.250. The molecule has 0 aromatic heterocycles. The Morgan fingerprint density at radius 1 is 1.12 bits per heavy atom. The zero-order chi connectivity index (χ0) is 19.2. The molecule has 1 N–H and O–H groups in total. The number of hydrogen-bond donors (Lipinski definition) is 1. The molecule has 0 saturated heterocycles. The van der Waals surface area contributed by atoms with Crippen LogP contribution in [0.15, 0.2) is 65.7 Å². The lowest BCUT2D eigenvalue weighted by Crippen LogP contribution is -2.26. The Morgan fingerprint density at radius 3 is 2.46 bits per heavy atom. The van der Waals surface area contributed by atoms with Gasteiger partial charge in [-0.1, -0.05) is 35.9 Å². The zero-order valence-corrected chi connectivity index (χ0v) is 16.1. The number of nitrogens with zero attached hydrogens (tertiary/aromatic N) is 1. The minimum atomic E-state index is -3.53. The molecular weight excluding hydrogens is 348 g/mol. The van der Waals surface area contributed by atoms with Crippen LogP contribution in [0.1, 0.15) is 21.5 Å². The van der Waals surface area contributed by atoms with Crippen LogP contribution in [0, 0.1) is 6.92 Å². The molecule has 0 aliphatic rings. The minimum absolute atomic E-state index is 0.0826. The summed E-state index contributed by atoms with van der Waals surface area (Å²) >= 11 is 0. The molecule has 0 aliphatic carbocycles. The van der Waals surface area contributed by atoms with Crippen molar-refractivity contribution in [3.8, 4) is 0 Å². The summed E-state index contributed by atoms with van der Waals surface area (Å²) in [6.07, 6.45) is 3.72. The van der Waals surface area contributed by atoms with Gasteiger partial charge in [-0.05, 0) is 37.1 Å². The summed E-state index contributed by atoms with van der Waals surface area (Å²) in [5, 5.41) is 0. The molecule has 0 radical (unpaired) electrons. The van der Waals surface area contributed by atoms with E-state index in [1.54, 1.807) is 53.6 Å². The van der Waals surface area contributed by atoms with Crippen LogP contribution in [0.5, 0.6) is 0 Å². The lowest BCUT2D eigenvalue weighted by Gasteiger charge is -2.08.